The Kier molecular flexibility index (Phi) is 4.70. The van der Waals surface area contributed by atoms with Gasteiger partial charge in [-0.15, -0.1) is 11.8 Å². The highest BCUT2D eigenvalue weighted by Crippen LogP contribution is 2.40. The van der Waals surface area contributed by atoms with Gasteiger partial charge in [0, 0.05) is 5.75 Å². The van der Waals surface area contributed by atoms with Crippen LogP contribution in [-0.2, 0) is 19.2 Å². The number of thioether (sulfide) groups is 1. The quantitative estimate of drug-likeness (QED) is 0.502. The molecule has 3 rings (SSSR count). The molecule has 0 spiro atoms. The van der Waals surface area contributed by atoms with Gasteiger partial charge in [0.25, 0.3) is 5.91 Å². The van der Waals surface area contributed by atoms with Gasteiger partial charge in [0.05, 0.1) is 5.57 Å². The van der Waals surface area contributed by atoms with Gasteiger partial charge in [0.1, 0.15) is 23.2 Å². The topological polar surface area (TPSA) is 150 Å². The molecule has 0 bridgehead atoms. The average Bonchev–Trinajstić information content (AvgIpc) is 2.64. The number of amides is 2. The molecule has 0 radical (unpaired) electrons. The zero-order chi connectivity index (χ0) is 19.0. The summed E-state index contributed by atoms with van der Waals surface area (Å²) in [5.41, 5.74) is 5.56. The summed E-state index contributed by atoms with van der Waals surface area (Å²) >= 11 is 1.08. The third kappa shape index (κ3) is 2.93. The predicted molar refractivity (Wildman–Crippen MR) is 90.7 cm³/mol. The smallest absolute Gasteiger partial charge is 0.353 e. The fraction of sp³-hybridized carbons (Fsp3) is 0.250. The monoisotopic (exact) mass is 377 g/mol. The van der Waals surface area contributed by atoms with Gasteiger partial charge in [0.2, 0.25) is 5.91 Å². The first-order valence-corrected chi connectivity index (χ1v) is 8.63. The summed E-state index contributed by atoms with van der Waals surface area (Å²) in [6.07, 6.45) is 0. The van der Waals surface area contributed by atoms with Crippen molar-refractivity contribution in [2.75, 3.05) is 5.75 Å². The SMILES string of the molecule is NC(C(=O)NC1C(=O)N2C(C(=O)O)=C(C(=O)O)CS[C@H]12)c1ccccc1. The van der Waals surface area contributed by atoms with Gasteiger partial charge in [-0.2, -0.15) is 0 Å². The zero-order valence-corrected chi connectivity index (χ0v) is 14.1. The maximum Gasteiger partial charge on any atom is 0.353 e. The lowest BCUT2D eigenvalue weighted by Crippen LogP contribution is -2.71. The standard InChI is InChI=1S/C16H15N3O6S/c17-9(7-4-2-1-3-5-7)12(20)18-10-13(21)19-11(16(24)25)8(15(22)23)6-26-14(10)19/h1-5,9-10,14H,6,17H2,(H,18,20)(H,22,23)(H,24,25)/t9?,10?,14-/m1/s1. The van der Waals surface area contributed by atoms with Gasteiger partial charge in [-0.3, -0.25) is 14.5 Å². The van der Waals surface area contributed by atoms with E-state index in [4.69, 9.17) is 10.8 Å². The number of aliphatic carboxylic acids is 2. The van der Waals surface area contributed by atoms with Crippen LogP contribution in [0.4, 0.5) is 0 Å². The van der Waals surface area contributed by atoms with Crippen LogP contribution in [0.15, 0.2) is 41.6 Å². The van der Waals surface area contributed by atoms with E-state index in [0.29, 0.717) is 5.56 Å². The summed E-state index contributed by atoms with van der Waals surface area (Å²) in [6.45, 7) is 0. The normalized spacial score (nSPS) is 23.0. The van der Waals surface area contributed by atoms with Crippen LogP contribution in [0.5, 0.6) is 0 Å². The fourth-order valence-electron chi connectivity index (χ4n) is 2.84. The Hall–Kier alpha value is -2.85. The highest BCUT2D eigenvalue weighted by molar-refractivity contribution is 8.00. The van der Waals surface area contributed by atoms with Crippen molar-refractivity contribution in [2.45, 2.75) is 17.5 Å². The van der Waals surface area contributed by atoms with Gasteiger partial charge in [-0.05, 0) is 5.56 Å². The number of carboxylic acid groups (broad SMARTS) is 2. The first-order valence-electron chi connectivity index (χ1n) is 7.58. The Morgan fingerprint density at radius 3 is 2.42 bits per heavy atom. The second kappa shape index (κ2) is 6.81. The van der Waals surface area contributed by atoms with Crippen molar-refractivity contribution < 1.29 is 29.4 Å². The van der Waals surface area contributed by atoms with Crippen LogP contribution in [0.2, 0.25) is 0 Å². The summed E-state index contributed by atoms with van der Waals surface area (Å²) in [5.74, 6) is -4.21. The number of nitrogens with one attached hydrogen (secondary N) is 1. The minimum absolute atomic E-state index is 0.0808. The number of rotatable bonds is 5. The van der Waals surface area contributed by atoms with Crippen LogP contribution in [0.25, 0.3) is 0 Å². The molecule has 2 aliphatic heterocycles. The van der Waals surface area contributed by atoms with Crippen LogP contribution in [-0.4, -0.2) is 56.0 Å². The minimum atomic E-state index is -1.49. The van der Waals surface area contributed by atoms with E-state index in [1.807, 2.05) is 0 Å². The molecule has 1 fully saturated rings. The van der Waals surface area contributed by atoms with Crippen molar-refractivity contribution in [1.82, 2.24) is 10.2 Å². The van der Waals surface area contributed by atoms with Crippen LogP contribution >= 0.6 is 11.8 Å². The molecule has 2 unspecified atom stereocenters. The number of nitrogens with two attached hydrogens (primary N) is 1. The first kappa shape index (κ1) is 18.0. The predicted octanol–water partition coefficient (Wildman–Crippen LogP) is -0.490. The minimum Gasteiger partial charge on any atom is -0.478 e. The van der Waals surface area contributed by atoms with Crippen molar-refractivity contribution in [3.63, 3.8) is 0 Å². The number of carbonyl (C=O) groups excluding carboxylic acids is 2. The number of nitrogens with zero attached hydrogens (tertiary/aromatic N) is 1. The molecule has 2 amide bonds. The van der Waals surface area contributed by atoms with Crippen molar-refractivity contribution >= 4 is 35.5 Å². The lowest BCUT2D eigenvalue weighted by Gasteiger charge is -2.49. The van der Waals surface area contributed by atoms with E-state index < -0.39 is 46.9 Å². The Balaban J connectivity index is 1.76. The van der Waals surface area contributed by atoms with Gasteiger partial charge in [-0.25, -0.2) is 9.59 Å². The van der Waals surface area contributed by atoms with Crippen LogP contribution in [0, 0.1) is 0 Å². The lowest BCUT2D eigenvalue weighted by molar-refractivity contribution is -0.151. The number of β-lactam (4-membered cyclic amide) rings is 1. The fourth-order valence-corrected chi connectivity index (χ4v) is 4.17. The van der Waals surface area contributed by atoms with Crippen LogP contribution in [0.3, 0.4) is 0 Å². The summed E-state index contributed by atoms with van der Waals surface area (Å²) < 4.78 is 0. The Morgan fingerprint density at radius 1 is 1.19 bits per heavy atom. The van der Waals surface area contributed by atoms with Gasteiger partial charge in [0.15, 0.2) is 0 Å². The molecule has 5 N–H and O–H groups in total. The maximum absolute atomic E-state index is 12.3. The number of carboxylic acids is 2. The molecule has 1 saturated heterocycles. The van der Waals surface area contributed by atoms with Crippen molar-refractivity contribution in [3.05, 3.63) is 47.2 Å². The first-order chi connectivity index (χ1) is 12.3. The number of carbonyl (C=O) groups is 4. The largest absolute Gasteiger partial charge is 0.478 e. The summed E-state index contributed by atoms with van der Waals surface area (Å²) in [4.78, 5) is 48.2. The molecule has 0 saturated carbocycles. The van der Waals surface area contributed by atoms with E-state index in [9.17, 15) is 24.3 Å². The van der Waals surface area contributed by atoms with Crippen LogP contribution < -0.4 is 11.1 Å². The molecular formula is C16H15N3O6S. The molecule has 0 aromatic heterocycles. The molecule has 3 atom stereocenters. The van der Waals surface area contributed by atoms with E-state index in [0.717, 1.165) is 16.7 Å². The molecular weight excluding hydrogens is 362 g/mol. The molecule has 2 aliphatic rings. The maximum atomic E-state index is 12.3. The van der Waals surface area contributed by atoms with Crippen molar-refractivity contribution in [1.29, 1.82) is 0 Å². The summed E-state index contributed by atoms with van der Waals surface area (Å²) in [7, 11) is 0. The molecule has 2 heterocycles. The third-order valence-electron chi connectivity index (χ3n) is 4.17. The third-order valence-corrected chi connectivity index (χ3v) is 5.45. The van der Waals surface area contributed by atoms with E-state index in [2.05, 4.69) is 5.32 Å². The van der Waals surface area contributed by atoms with Gasteiger partial charge < -0.3 is 21.3 Å². The number of benzene rings is 1. The Morgan fingerprint density at radius 2 is 1.85 bits per heavy atom. The van der Waals surface area contributed by atoms with E-state index >= 15 is 0 Å². The van der Waals surface area contributed by atoms with Crippen molar-refractivity contribution in [2.24, 2.45) is 5.73 Å². The molecule has 1 aromatic carbocycles. The number of hydrogen-bond donors (Lipinski definition) is 4. The molecule has 136 valence electrons. The zero-order valence-electron chi connectivity index (χ0n) is 13.3. The molecule has 0 aliphatic carbocycles. The lowest BCUT2D eigenvalue weighted by atomic mass is 10.0. The van der Waals surface area contributed by atoms with E-state index in [-0.39, 0.29) is 11.3 Å². The highest BCUT2D eigenvalue weighted by Gasteiger charge is 2.55. The Bertz CT molecular complexity index is 825. The molecule has 26 heavy (non-hydrogen) atoms. The average molecular weight is 377 g/mol. The summed E-state index contributed by atoms with van der Waals surface area (Å²) in [6, 6.07) is 6.67. The van der Waals surface area contributed by atoms with Crippen molar-refractivity contribution in [3.8, 4) is 0 Å². The molecule has 9 nitrogen and oxygen atoms in total. The second-order valence-electron chi connectivity index (χ2n) is 5.72. The molecule has 1 aromatic rings. The summed E-state index contributed by atoms with van der Waals surface area (Å²) in [5, 5.41) is 20.2. The number of fused-ring (bicyclic) bond motifs is 1. The van der Waals surface area contributed by atoms with E-state index in [1.165, 1.54) is 0 Å². The van der Waals surface area contributed by atoms with E-state index in [1.54, 1.807) is 30.3 Å². The van der Waals surface area contributed by atoms with Crippen LogP contribution in [0.1, 0.15) is 11.6 Å². The molecule has 10 heteroatoms. The second-order valence-corrected chi connectivity index (χ2v) is 6.83. The Labute approximate surface area is 151 Å². The highest BCUT2D eigenvalue weighted by atomic mass is 32.2. The van der Waals surface area contributed by atoms with Gasteiger partial charge in [-0.1, -0.05) is 30.3 Å². The van der Waals surface area contributed by atoms with Gasteiger partial charge >= 0.3 is 11.9 Å². The number of hydrogen-bond acceptors (Lipinski definition) is 6.